The molecule has 1 N–H and O–H groups in total. The maximum absolute atomic E-state index is 12.8. The molecule has 4 atom stereocenters. The molecule has 7 heteroatoms. The van der Waals surface area contributed by atoms with Gasteiger partial charge in [0.15, 0.2) is 0 Å². The Morgan fingerprint density at radius 3 is 2.08 bits per heavy atom. The number of aldehydes is 1. The summed E-state index contributed by atoms with van der Waals surface area (Å²) in [5.74, 6) is -1.54. The second-order valence-electron chi connectivity index (χ2n) is 7.24. The molecule has 0 aromatic rings. The summed E-state index contributed by atoms with van der Waals surface area (Å²) in [5, 5.41) is 3.08. The predicted molar refractivity (Wildman–Crippen MR) is 96.0 cm³/mol. The van der Waals surface area contributed by atoms with E-state index in [1.165, 1.54) is 0 Å². The highest BCUT2D eigenvalue weighted by atomic mass is 16.5. The zero-order valence-corrected chi connectivity index (χ0v) is 16.3. The van der Waals surface area contributed by atoms with Gasteiger partial charge in [-0.25, -0.2) is 0 Å². The number of hydrogen-bond acceptors (Lipinski definition) is 6. The number of esters is 1. The van der Waals surface area contributed by atoms with Crippen molar-refractivity contribution in [2.75, 3.05) is 40.3 Å². The minimum Gasteiger partial charge on any atom is -0.462 e. The van der Waals surface area contributed by atoms with Crippen LogP contribution < -0.4 is 5.32 Å². The van der Waals surface area contributed by atoms with Gasteiger partial charge in [-0.2, -0.15) is 0 Å². The van der Waals surface area contributed by atoms with E-state index < -0.39 is 12.0 Å². The van der Waals surface area contributed by atoms with Gasteiger partial charge in [0.2, 0.25) is 5.91 Å². The van der Waals surface area contributed by atoms with Gasteiger partial charge in [0.05, 0.1) is 17.8 Å². The fourth-order valence-corrected chi connectivity index (χ4v) is 3.13. The topological polar surface area (TPSA) is 78.9 Å². The van der Waals surface area contributed by atoms with Gasteiger partial charge in [0, 0.05) is 32.2 Å². The average molecular weight is 355 g/mol. The first-order chi connectivity index (χ1) is 11.7. The van der Waals surface area contributed by atoms with Crippen molar-refractivity contribution in [3.63, 3.8) is 0 Å². The van der Waals surface area contributed by atoms with Crippen molar-refractivity contribution in [1.29, 1.82) is 0 Å². The molecule has 0 bridgehead atoms. The molecule has 1 fully saturated rings. The largest absolute Gasteiger partial charge is 0.462 e. The van der Waals surface area contributed by atoms with Crippen LogP contribution >= 0.6 is 0 Å². The van der Waals surface area contributed by atoms with E-state index in [2.05, 4.69) is 10.2 Å². The van der Waals surface area contributed by atoms with Crippen molar-refractivity contribution in [2.24, 2.45) is 17.8 Å². The number of likely N-dealkylation sites (N-methyl/N-ethyl adjacent to an activating group) is 1. The summed E-state index contributed by atoms with van der Waals surface area (Å²) in [4.78, 5) is 40.4. The number of carbonyl (C=O) groups excluding carboxylic acids is 3. The Morgan fingerprint density at radius 2 is 1.64 bits per heavy atom. The summed E-state index contributed by atoms with van der Waals surface area (Å²) in [6, 6.07) is -0.389. The van der Waals surface area contributed by atoms with E-state index in [1.54, 1.807) is 27.8 Å². The van der Waals surface area contributed by atoms with E-state index >= 15 is 0 Å². The van der Waals surface area contributed by atoms with Crippen molar-refractivity contribution in [1.82, 2.24) is 15.1 Å². The molecular formula is C18H33N3O4. The van der Waals surface area contributed by atoms with Gasteiger partial charge < -0.3 is 24.6 Å². The quantitative estimate of drug-likeness (QED) is 0.501. The van der Waals surface area contributed by atoms with Crippen molar-refractivity contribution in [3.05, 3.63) is 0 Å². The molecule has 1 aliphatic heterocycles. The lowest BCUT2D eigenvalue weighted by molar-refractivity contribution is -0.156. The molecule has 1 aliphatic rings. The van der Waals surface area contributed by atoms with Crippen LogP contribution in [0.2, 0.25) is 0 Å². The Kier molecular flexibility index (Phi) is 8.52. The minimum absolute atomic E-state index is 0.0293. The standard InChI is InChI=1S/C18H33N3O4/c1-12(2)18(24)25-14(4)15(11-22)16(19-5)13(3)17(23)21-9-7-20(6)8-10-21/h11-16,19H,7-10H2,1-6H3/t13-,14-,15-,16-/m1/s1. The number of nitrogens with zero attached hydrogens (tertiary/aromatic N) is 2. The lowest BCUT2D eigenvalue weighted by Gasteiger charge is -2.37. The molecular weight excluding hydrogens is 322 g/mol. The Morgan fingerprint density at radius 1 is 1.08 bits per heavy atom. The van der Waals surface area contributed by atoms with E-state index in [1.807, 2.05) is 18.9 Å². The maximum atomic E-state index is 12.8. The zero-order chi connectivity index (χ0) is 19.1. The first-order valence-corrected chi connectivity index (χ1v) is 9.03. The molecule has 0 aliphatic carbocycles. The summed E-state index contributed by atoms with van der Waals surface area (Å²) in [6.45, 7) is 10.1. The van der Waals surface area contributed by atoms with Gasteiger partial charge >= 0.3 is 5.97 Å². The van der Waals surface area contributed by atoms with Crippen LogP contribution in [0, 0.1) is 17.8 Å². The number of carbonyl (C=O) groups is 3. The molecule has 1 heterocycles. The molecule has 144 valence electrons. The van der Waals surface area contributed by atoms with Gasteiger partial charge in [-0.15, -0.1) is 0 Å². The predicted octanol–water partition coefficient (Wildman–Crippen LogP) is 0.387. The van der Waals surface area contributed by atoms with E-state index in [-0.39, 0.29) is 29.8 Å². The molecule has 0 saturated carbocycles. The molecule has 0 aromatic heterocycles. The van der Waals surface area contributed by atoms with Crippen molar-refractivity contribution >= 4 is 18.2 Å². The molecule has 0 unspecified atom stereocenters. The SMILES string of the molecule is CN[C@@H]([C@H](C=O)[C@@H](C)OC(=O)C(C)C)[C@@H](C)C(=O)N1CCN(C)CC1. The third kappa shape index (κ3) is 5.78. The normalized spacial score (nSPS) is 20.7. The van der Waals surface area contributed by atoms with Crippen LogP contribution in [0.3, 0.4) is 0 Å². The van der Waals surface area contributed by atoms with Crippen LogP contribution in [-0.4, -0.2) is 80.4 Å². The molecule has 25 heavy (non-hydrogen) atoms. The first-order valence-electron chi connectivity index (χ1n) is 9.03. The number of piperazine rings is 1. The van der Waals surface area contributed by atoms with Crippen LogP contribution in [0.15, 0.2) is 0 Å². The zero-order valence-electron chi connectivity index (χ0n) is 16.3. The molecule has 0 spiro atoms. The van der Waals surface area contributed by atoms with Gasteiger partial charge in [-0.3, -0.25) is 9.59 Å². The second-order valence-corrected chi connectivity index (χ2v) is 7.24. The van der Waals surface area contributed by atoms with E-state index in [9.17, 15) is 14.4 Å². The molecule has 7 nitrogen and oxygen atoms in total. The number of amides is 1. The summed E-state index contributed by atoms with van der Waals surface area (Å²) < 4.78 is 5.40. The Hall–Kier alpha value is -1.47. The Bertz CT molecular complexity index is 461. The summed E-state index contributed by atoms with van der Waals surface area (Å²) in [5.41, 5.74) is 0. The summed E-state index contributed by atoms with van der Waals surface area (Å²) in [6.07, 6.45) is 0.195. The highest BCUT2D eigenvalue weighted by Gasteiger charge is 2.37. The molecule has 0 aromatic carbocycles. The van der Waals surface area contributed by atoms with Crippen LogP contribution in [0.5, 0.6) is 0 Å². The smallest absolute Gasteiger partial charge is 0.308 e. The van der Waals surface area contributed by atoms with E-state index in [0.29, 0.717) is 13.1 Å². The number of nitrogens with one attached hydrogen (secondary N) is 1. The van der Waals surface area contributed by atoms with E-state index in [4.69, 9.17) is 4.74 Å². The van der Waals surface area contributed by atoms with E-state index in [0.717, 1.165) is 19.4 Å². The lowest BCUT2D eigenvalue weighted by Crippen LogP contribution is -2.54. The van der Waals surface area contributed by atoms with Crippen molar-refractivity contribution < 1.29 is 19.1 Å². The van der Waals surface area contributed by atoms with Crippen molar-refractivity contribution in [2.45, 2.75) is 39.8 Å². The Labute approximate surface area is 151 Å². The van der Waals surface area contributed by atoms with Crippen molar-refractivity contribution in [3.8, 4) is 0 Å². The molecule has 1 saturated heterocycles. The first kappa shape index (κ1) is 21.6. The third-order valence-corrected chi connectivity index (χ3v) is 4.96. The Balaban J connectivity index is 2.80. The number of ether oxygens (including phenoxy) is 1. The molecule has 0 radical (unpaired) electrons. The van der Waals surface area contributed by atoms with Crippen LogP contribution in [0.4, 0.5) is 0 Å². The van der Waals surface area contributed by atoms with Gasteiger partial charge in [0.1, 0.15) is 12.4 Å². The van der Waals surface area contributed by atoms with Gasteiger partial charge in [-0.05, 0) is 21.0 Å². The summed E-state index contributed by atoms with van der Waals surface area (Å²) in [7, 11) is 3.76. The molecule has 1 amide bonds. The van der Waals surface area contributed by atoms with Gasteiger partial charge in [0.25, 0.3) is 0 Å². The summed E-state index contributed by atoms with van der Waals surface area (Å²) >= 11 is 0. The monoisotopic (exact) mass is 355 g/mol. The number of hydrogen-bond donors (Lipinski definition) is 1. The third-order valence-electron chi connectivity index (χ3n) is 4.96. The van der Waals surface area contributed by atoms with Crippen LogP contribution in [0.25, 0.3) is 0 Å². The lowest BCUT2D eigenvalue weighted by atomic mass is 9.86. The van der Waals surface area contributed by atoms with Crippen LogP contribution in [-0.2, 0) is 19.1 Å². The number of rotatable bonds is 8. The highest BCUT2D eigenvalue weighted by molar-refractivity contribution is 5.80. The second kappa shape index (κ2) is 9.87. The molecule has 1 rings (SSSR count). The average Bonchev–Trinajstić information content (AvgIpc) is 2.58. The maximum Gasteiger partial charge on any atom is 0.308 e. The van der Waals surface area contributed by atoms with Gasteiger partial charge in [-0.1, -0.05) is 20.8 Å². The minimum atomic E-state index is -0.590. The van der Waals surface area contributed by atoms with Crippen LogP contribution in [0.1, 0.15) is 27.7 Å². The fourth-order valence-electron chi connectivity index (χ4n) is 3.13. The fraction of sp³-hybridized carbons (Fsp3) is 0.833. The highest BCUT2D eigenvalue weighted by Crippen LogP contribution is 2.21.